The zero-order chi connectivity index (χ0) is 14.1. The van der Waals surface area contributed by atoms with E-state index in [1.165, 1.54) is 11.3 Å². The number of rotatable bonds is 5. The van der Waals surface area contributed by atoms with E-state index in [2.05, 4.69) is 5.16 Å². The maximum Gasteiger partial charge on any atom is 0.276 e. The van der Waals surface area contributed by atoms with Crippen LogP contribution in [0.25, 0.3) is 10.6 Å². The molecule has 0 bridgehead atoms. The Balaban J connectivity index is 1.80. The van der Waals surface area contributed by atoms with Gasteiger partial charge in [-0.15, -0.1) is 11.3 Å². The van der Waals surface area contributed by atoms with Crippen LogP contribution in [-0.4, -0.2) is 40.3 Å². The molecule has 0 radical (unpaired) electrons. The van der Waals surface area contributed by atoms with E-state index in [1.807, 2.05) is 6.07 Å². The predicted octanol–water partition coefficient (Wildman–Crippen LogP) is 2.65. The molecule has 0 aliphatic heterocycles. The molecule has 1 aliphatic rings. The van der Waals surface area contributed by atoms with Crippen molar-refractivity contribution in [3.05, 3.63) is 28.2 Å². The van der Waals surface area contributed by atoms with Crippen LogP contribution in [-0.2, 0) is 0 Å². The smallest absolute Gasteiger partial charge is 0.276 e. The number of carbonyl (C=O) groups is 1. The molecule has 2 aromatic rings. The van der Waals surface area contributed by atoms with Crippen LogP contribution in [0.15, 0.2) is 22.7 Å². The Hall–Kier alpha value is -1.37. The van der Waals surface area contributed by atoms with Gasteiger partial charge in [-0.1, -0.05) is 16.8 Å². The predicted molar refractivity (Wildman–Crippen MR) is 76.0 cm³/mol. The topological polar surface area (TPSA) is 66.6 Å². The number of thiophene rings is 1. The minimum Gasteiger partial charge on any atom is -0.395 e. The van der Waals surface area contributed by atoms with Gasteiger partial charge in [0.05, 0.1) is 15.8 Å². The van der Waals surface area contributed by atoms with Crippen molar-refractivity contribution in [1.82, 2.24) is 10.1 Å². The third-order valence-electron chi connectivity index (χ3n) is 3.13. The molecular weight excluding hydrogens is 300 g/mol. The number of hydrogen-bond donors (Lipinski definition) is 1. The van der Waals surface area contributed by atoms with Gasteiger partial charge >= 0.3 is 0 Å². The fourth-order valence-corrected chi connectivity index (χ4v) is 3.02. The van der Waals surface area contributed by atoms with E-state index in [0.717, 1.165) is 17.7 Å². The molecule has 2 aromatic heterocycles. The Morgan fingerprint density at radius 2 is 2.35 bits per heavy atom. The lowest BCUT2D eigenvalue weighted by molar-refractivity contribution is 0.0697. The minimum absolute atomic E-state index is 0.0481. The summed E-state index contributed by atoms with van der Waals surface area (Å²) in [4.78, 5) is 14.8. The first-order valence-electron chi connectivity index (χ1n) is 6.33. The third-order valence-corrected chi connectivity index (χ3v) is 4.38. The lowest BCUT2D eigenvalue weighted by Crippen LogP contribution is -2.35. The number of aliphatic hydroxyl groups is 1. The zero-order valence-corrected chi connectivity index (χ0v) is 12.2. The van der Waals surface area contributed by atoms with Crippen LogP contribution in [0.1, 0.15) is 23.3 Å². The van der Waals surface area contributed by atoms with Crippen molar-refractivity contribution in [2.75, 3.05) is 13.2 Å². The highest BCUT2D eigenvalue weighted by atomic mass is 35.5. The summed E-state index contributed by atoms with van der Waals surface area (Å²) in [7, 11) is 0. The van der Waals surface area contributed by atoms with Crippen molar-refractivity contribution >= 4 is 28.8 Å². The van der Waals surface area contributed by atoms with Gasteiger partial charge in [0, 0.05) is 18.7 Å². The molecule has 0 saturated heterocycles. The molecule has 2 heterocycles. The van der Waals surface area contributed by atoms with E-state index in [-0.39, 0.29) is 24.2 Å². The first-order valence-corrected chi connectivity index (χ1v) is 7.52. The molecule has 7 heteroatoms. The molecule has 0 spiro atoms. The second kappa shape index (κ2) is 5.55. The number of aromatic nitrogens is 1. The van der Waals surface area contributed by atoms with Crippen LogP contribution < -0.4 is 0 Å². The van der Waals surface area contributed by atoms with Crippen LogP contribution in [0.3, 0.4) is 0 Å². The Labute approximate surface area is 124 Å². The van der Waals surface area contributed by atoms with Gasteiger partial charge in [0.2, 0.25) is 0 Å². The van der Waals surface area contributed by atoms with Crippen LogP contribution in [0, 0.1) is 0 Å². The standard InChI is InChI=1S/C13H13ClN2O3S/c14-12-4-3-11(20-12)10-7-9(15-19-10)13(18)16(5-6-17)8-1-2-8/h3-4,7-8,17H,1-2,5-6H2. The first kappa shape index (κ1) is 13.6. The van der Waals surface area contributed by atoms with Crippen molar-refractivity contribution in [3.63, 3.8) is 0 Å². The van der Waals surface area contributed by atoms with Gasteiger partial charge < -0.3 is 14.5 Å². The molecule has 3 rings (SSSR count). The van der Waals surface area contributed by atoms with Crippen LogP contribution in [0.2, 0.25) is 4.34 Å². The average molecular weight is 313 g/mol. The highest BCUT2D eigenvalue weighted by Gasteiger charge is 2.34. The van der Waals surface area contributed by atoms with Gasteiger partial charge in [-0.2, -0.15) is 0 Å². The molecule has 5 nitrogen and oxygen atoms in total. The van der Waals surface area contributed by atoms with Crippen molar-refractivity contribution < 1.29 is 14.4 Å². The van der Waals surface area contributed by atoms with E-state index >= 15 is 0 Å². The number of halogens is 1. The molecule has 1 aliphatic carbocycles. The molecule has 0 unspecified atom stereocenters. The fourth-order valence-electron chi connectivity index (χ4n) is 2.03. The SMILES string of the molecule is O=C(c1cc(-c2ccc(Cl)s2)on1)N(CCO)C1CC1. The molecule has 1 amide bonds. The molecule has 20 heavy (non-hydrogen) atoms. The van der Waals surface area contributed by atoms with E-state index in [1.54, 1.807) is 17.0 Å². The van der Waals surface area contributed by atoms with Gasteiger partial charge in [0.1, 0.15) is 0 Å². The Kier molecular flexibility index (Phi) is 3.78. The summed E-state index contributed by atoms with van der Waals surface area (Å²) >= 11 is 7.24. The van der Waals surface area contributed by atoms with Gasteiger partial charge in [0.15, 0.2) is 11.5 Å². The van der Waals surface area contributed by atoms with Crippen molar-refractivity contribution in [2.24, 2.45) is 0 Å². The van der Waals surface area contributed by atoms with Crippen molar-refractivity contribution in [2.45, 2.75) is 18.9 Å². The van der Waals surface area contributed by atoms with E-state index in [9.17, 15) is 4.79 Å². The highest BCUT2D eigenvalue weighted by molar-refractivity contribution is 7.19. The normalized spacial score (nSPS) is 14.5. The highest BCUT2D eigenvalue weighted by Crippen LogP contribution is 2.32. The lowest BCUT2D eigenvalue weighted by Gasteiger charge is -2.19. The minimum atomic E-state index is -0.195. The van der Waals surface area contributed by atoms with Crippen LogP contribution in [0.4, 0.5) is 0 Å². The number of aliphatic hydroxyl groups excluding tert-OH is 1. The summed E-state index contributed by atoms with van der Waals surface area (Å²) in [6.45, 7) is 0.282. The Bertz CT molecular complexity index is 621. The van der Waals surface area contributed by atoms with E-state index < -0.39 is 0 Å². The summed E-state index contributed by atoms with van der Waals surface area (Å²) in [5, 5.41) is 12.9. The monoisotopic (exact) mass is 312 g/mol. The molecular formula is C13H13ClN2O3S. The summed E-state index contributed by atoms with van der Waals surface area (Å²) in [6, 6.07) is 5.45. The fraction of sp³-hybridized carbons (Fsp3) is 0.385. The first-order chi connectivity index (χ1) is 9.69. The van der Waals surface area contributed by atoms with Gasteiger partial charge in [-0.3, -0.25) is 4.79 Å². The largest absolute Gasteiger partial charge is 0.395 e. The average Bonchev–Trinajstić information content (AvgIpc) is 2.98. The van der Waals surface area contributed by atoms with Crippen molar-refractivity contribution in [1.29, 1.82) is 0 Å². The van der Waals surface area contributed by atoms with E-state index in [0.29, 0.717) is 16.6 Å². The maximum absolute atomic E-state index is 12.3. The summed E-state index contributed by atoms with van der Waals surface area (Å²) in [6.07, 6.45) is 1.97. The summed E-state index contributed by atoms with van der Waals surface area (Å²) < 4.78 is 5.86. The molecule has 1 N–H and O–H groups in total. The molecule has 0 aromatic carbocycles. The second-order valence-corrected chi connectivity index (χ2v) is 6.35. The quantitative estimate of drug-likeness (QED) is 0.921. The molecule has 1 saturated carbocycles. The second-order valence-electron chi connectivity index (χ2n) is 4.63. The lowest BCUT2D eigenvalue weighted by atomic mass is 10.3. The molecule has 106 valence electrons. The number of carbonyl (C=O) groups excluding carboxylic acids is 1. The van der Waals surface area contributed by atoms with E-state index in [4.69, 9.17) is 21.2 Å². The Morgan fingerprint density at radius 3 is 2.95 bits per heavy atom. The number of hydrogen-bond acceptors (Lipinski definition) is 5. The maximum atomic E-state index is 12.3. The van der Waals surface area contributed by atoms with Crippen LogP contribution >= 0.6 is 22.9 Å². The van der Waals surface area contributed by atoms with Gasteiger partial charge in [-0.05, 0) is 25.0 Å². The van der Waals surface area contributed by atoms with Gasteiger partial charge in [-0.25, -0.2) is 0 Å². The molecule has 1 fully saturated rings. The summed E-state index contributed by atoms with van der Waals surface area (Å²) in [5.74, 6) is 0.337. The Morgan fingerprint density at radius 1 is 1.55 bits per heavy atom. The third kappa shape index (κ3) is 2.72. The number of amides is 1. The van der Waals surface area contributed by atoms with Crippen LogP contribution in [0.5, 0.6) is 0 Å². The summed E-state index contributed by atoms with van der Waals surface area (Å²) in [5.41, 5.74) is 0.268. The van der Waals surface area contributed by atoms with Gasteiger partial charge in [0.25, 0.3) is 5.91 Å². The van der Waals surface area contributed by atoms with Crippen molar-refractivity contribution in [3.8, 4) is 10.6 Å². The zero-order valence-electron chi connectivity index (χ0n) is 10.6. The number of nitrogens with zero attached hydrogens (tertiary/aromatic N) is 2. The molecule has 0 atom stereocenters.